The Morgan fingerprint density at radius 2 is 1.95 bits per heavy atom. The number of non-ortho nitro benzene ring substituents is 1. The third-order valence-electron chi connectivity index (χ3n) is 2.30. The van der Waals surface area contributed by atoms with Gasteiger partial charge in [-0.3, -0.25) is 24.9 Å². The molecule has 0 radical (unpaired) electrons. The van der Waals surface area contributed by atoms with Gasteiger partial charge in [-0.1, -0.05) is 0 Å². The van der Waals surface area contributed by atoms with Crippen molar-refractivity contribution in [3.63, 3.8) is 0 Å². The molecule has 2 aromatic rings. The van der Waals surface area contributed by atoms with Crippen LogP contribution < -0.4 is 11.2 Å². The van der Waals surface area contributed by atoms with Gasteiger partial charge in [0.05, 0.1) is 9.40 Å². The minimum Gasteiger partial charge on any atom is -0.493 e. The normalized spacial score (nSPS) is 10.9. The van der Waals surface area contributed by atoms with E-state index in [0.717, 1.165) is 0 Å². The lowest BCUT2D eigenvalue weighted by molar-refractivity contribution is -0.384. The highest BCUT2D eigenvalue weighted by Crippen LogP contribution is 2.30. The van der Waals surface area contributed by atoms with Gasteiger partial charge in [0.15, 0.2) is 0 Å². The number of aromatic amines is 2. The molecule has 1 aromatic carbocycles. The van der Waals surface area contributed by atoms with Crippen molar-refractivity contribution in [1.29, 1.82) is 0 Å². The number of nitro groups is 1. The van der Waals surface area contributed by atoms with Crippen molar-refractivity contribution < 1.29 is 10.0 Å². The minimum atomic E-state index is -0.918. The highest BCUT2D eigenvalue weighted by Gasteiger charge is 2.10. The largest absolute Gasteiger partial charge is 0.493 e. The van der Waals surface area contributed by atoms with Crippen molar-refractivity contribution in [2.24, 2.45) is 10.2 Å². The van der Waals surface area contributed by atoms with Crippen molar-refractivity contribution in [2.75, 3.05) is 0 Å². The molecule has 3 N–H and O–H groups in total. The first kappa shape index (κ1) is 14.6. The number of benzene rings is 1. The average molecular weight is 356 g/mol. The Kier molecular flexibility index (Phi) is 3.93. The maximum Gasteiger partial charge on any atom is 0.328 e. The Hall–Kier alpha value is -2.82. The van der Waals surface area contributed by atoms with Crippen LogP contribution in [0.2, 0.25) is 0 Å². The molecule has 0 aliphatic heterocycles. The first-order chi connectivity index (χ1) is 9.88. The van der Waals surface area contributed by atoms with Crippen LogP contribution in [0, 0.1) is 10.1 Å². The van der Waals surface area contributed by atoms with E-state index in [1.807, 2.05) is 9.97 Å². The molecule has 11 heteroatoms. The van der Waals surface area contributed by atoms with Crippen LogP contribution in [0.15, 0.2) is 42.5 Å². The van der Waals surface area contributed by atoms with Crippen molar-refractivity contribution in [3.8, 4) is 5.88 Å². The smallest absolute Gasteiger partial charge is 0.328 e. The SMILES string of the molecule is O=c1[nH]c(O)c(N=Nc2ccc([N+](=O)[O-])cc2Br)c(=O)[nH]1. The summed E-state index contributed by atoms with van der Waals surface area (Å²) < 4.78 is 0.279. The van der Waals surface area contributed by atoms with E-state index in [0.29, 0.717) is 0 Å². The highest BCUT2D eigenvalue weighted by molar-refractivity contribution is 9.10. The van der Waals surface area contributed by atoms with Crippen LogP contribution in [0.1, 0.15) is 0 Å². The standard InChI is InChI=1S/C10H6BrN5O5/c11-5-3-4(16(20)21)1-2-6(5)14-15-7-8(17)12-10(19)13-9(7)18/h1-3H,(H3,12,13,17,18,19). The lowest BCUT2D eigenvalue weighted by atomic mass is 10.3. The maximum atomic E-state index is 11.4. The van der Waals surface area contributed by atoms with E-state index in [1.54, 1.807) is 0 Å². The molecule has 0 atom stereocenters. The molecular weight excluding hydrogens is 350 g/mol. The van der Waals surface area contributed by atoms with Crippen molar-refractivity contribution in [1.82, 2.24) is 9.97 Å². The van der Waals surface area contributed by atoms with Gasteiger partial charge < -0.3 is 5.11 Å². The summed E-state index contributed by atoms with van der Waals surface area (Å²) in [5.41, 5.74) is -2.23. The minimum absolute atomic E-state index is 0.148. The number of nitrogens with zero attached hydrogens (tertiary/aromatic N) is 3. The number of nitro benzene ring substituents is 1. The predicted octanol–water partition coefficient (Wildman–Crippen LogP) is 1.85. The van der Waals surface area contributed by atoms with Crippen LogP contribution in [0.5, 0.6) is 5.88 Å². The molecule has 0 spiro atoms. The van der Waals surface area contributed by atoms with E-state index < -0.39 is 27.7 Å². The van der Waals surface area contributed by atoms with Crippen LogP contribution in [0.3, 0.4) is 0 Å². The number of halogens is 1. The number of nitrogens with one attached hydrogen (secondary N) is 2. The Bertz CT molecular complexity index is 856. The van der Waals surface area contributed by atoms with Gasteiger partial charge in [0, 0.05) is 12.1 Å². The van der Waals surface area contributed by atoms with E-state index in [4.69, 9.17) is 0 Å². The molecule has 0 bridgehead atoms. The highest BCUT2D eigenvalue weighted by atomic mass is 79.9. The molecule has 0 aliphatic rings. The first-order valence-electron chi connectivity index (χ1n) is 5.29. The van der Waals surface area contributed by atoms with Gasteiger partial charge in [0.1, 0.15) is 5.69 Å². The summed E-state index contributed by atoms with van der Waals surface area (Å²) in [5.74, 6) is -0.731. The van der Waals surface area contributed by atoms with Gasteiger partial charge in [0.25, 0.3) is 11.2 Å². The van der Waals surface area contributed by atoms with Crippen molar-refractivity contribution >= 4 is 33.0 Å². The monoisotopic (exact) mass is 355 g/mol. The molecule has 0 amide bonds. The summed E-state index contributed by atoms with van der Waals surface area (Å²) in [6.45, 7) is 0. The molecule has 0 aliphatic carbocycles. The quantitative estimate of drug-likeness (QED) is 0.435. The Balaban J connectivity index is 2.41. The Morgan fingerprint density at radius 3 is 2.52 bits per heavy atom. The van der Waals surface area contributed by atoms with Crippen LogP contribution in [-0.2, 0) is 0 Å². The first-order valence-corrected chi connectivity index (χ1v) is 6.09. The molecular formula is C10H6BrN5O5. The summed E-state index contributed by atoms with van der Waals surface area (Å²) in [7, 11) is 0. The number of rotatable bonds is 3. The van der Waals surface area contributed by atoms with Crippen molar-refractivity contribution in [2.45, 2.75) is 0 Å². The topological polar surface area (TPSA) is 154 Å². The molecule has 1 heterocycles. The third kappa shape index (κ3) is 3.20. The zero-order valence-electron chi connectivity index (χ0n) is 10.0. The van der Waals surface area contributed by atoms with E-state index >= 15 is 0 Å². The Morgan fingerprint density at radius 1 is 1.24 bits per heavy atom. The summed E-state index contributed by atoms with van der Waals surface area (Å²) >= 11 is 3.07. The second-order valence-electron chi connectivity index (χ2n) is 3.70. The van der Waals surface area contributed by atoms with E-state index in [1.165, 1.54) is 18.2 Å². The fourth-order valence-electron chi connectivity index (χ4n) is 1.35. The Labute approximate surface area is 123 Å². The van der Waals surface area contributed by atoms with Gasteiger partial charge in [-0.15, -0.1) is 10.2 Å². The van der Waals surface area contributed by atoms with Crippen LogP contribution in [0.25, 0.3) is 0 Å². The second kappa shape index (κ2) is 5.66. The predicted molar refractivity (Wildman–Crippen MR) is 74.3 cm³/mol. The number of hydrogen-bond acceptors (Lipinski definition) is 7. The summed E-state index contributed by atoms with van der Waals surface area (Å²) in [6, 6.07) is 3.73. The molecule has 0 fully saturated rings. The fourth-order valence-corrected chi connectivity index (χ4v) is 1.80. The summed E-state index contributed by atoms with van der Waals surface area (Å²) in [4.78, 5) is 36.1. The molecule has 0 unspecified atom stereocenters. The van der Waals surface area contributed by atoms with Crippen LogP contribution in [0.4, 0.5) is 17.1 Å². The van der Waals surface area contributed by atoms with E-state index in [-0.39, 0.29) is 15.8 Å². The van der Waals surface area contributed by atoms with Crippen LogP contribution >= 0.6 is 15.9 Å². The van der Waals surface area contributed by atoms with Gasteiger partial charge in [-0.25, -0.2) is 4.79 Å². The van der Waals surface area contributed by atoms with Gasteiger partial charge in [-0.05, 0) is 22.0 Å². The number of azo groups is 1. The average Bonchev–Trinajstić information content (AvgIpc) is 2.38. The lowest BCUT2D eigenvalue weighted by Gasteiger charge is -1.98. The molecule has 0 saturated carbocycles. The number of aromatic nitrogens is 2. The maximum absolute atomic E-state index is 11.4. The molecule has 21 heavy (non-hydrogen) atoms. The third-order valence-corrected chi connectivity index (χ3v) is 2.93. The number of hydrogen-bond donors (Lipinski definition) is 3. The van der Waals surface area contributed by atoms with Crippen LogP contribution in [-0.4, -0.2) is 20.0 Å². The van der Waals surface area contributed by atoms with Gasteiger partial charge >= 0.3 is 5.69 Å². The van der Waals surface area contributed by atoms with Gasteiger partial charge in [0.2, 0.25) is 11.6 Å². The molecule has 10 nitrogen and oxygen atoms in total. The van der Waals surface area contributed by atoms with Gasteiger partial charge in [-0.2, -0.15) is 0 Å². The molecule has 0 saturated heterocycles. The molecule has 2 rings (SSSR count). The zero-order valence-corrected chi connectivity index (χ0v) is 11.6. The molecule has 1 aromatic heterocycles. The van der Waals surface area contributed by atoms with E-state index in [2.05, 4.69) is 26.2 Å². The van der Waals surface area contributed by atoms with E-state index in [9.17, 15) is 24.8 Å². The second-order valence-corrected chi connectivity index (χ2v) is 4.55. The summed E-state index contributed by atoms with van der Waals surface area (Å²) in [5, 5.41) is 27.2. The summed E-state index contributed by atoms with van der Waals surface area (Å²) in [6.07, 6.45) is 0. The lowest BCUT2D eigenvalue weighted by Crippen LogP contribution is -2.20. The number of H-pyrrole nitrogens is 2. The fraction of sp³-hybridized carbons (Fsp3) is 0. The number of aromatic hydroxyl groups is 1. The van der Waals surface area contributed by atoms with Crippen molar-refractivity contribution in [3.05, 3.63) is 53.6 Å². The zero-order chi connectivity index (χ0) is 15.6. The molecule has 108 valence electrons.